The third kappa shape index (κ3) is 3.19. The van der Waals surface area contributed by atoms with Gasteiger partial charge in [-0.1, -0.05) is 6.07 Å². The molecule has 1 aliphatic rings. The lowest BCUT2D eigenvalue weighted by Crippen LogP contribution is -2.43. The van der Waals surface area contributed by atoms with Gasteiger partial charge in [-0.25, -0.2) is 12.8 Å². The maximum atomic E-state index is 13.2. The van der Waals surface area contributed by atoms with Gasteiger partial charge in [-0.15, -0.1) is 0 Å². The molecule has 1 atom stereocenters. The Morgan fingerprint density at radius 3 is 2.55 bits per heavy atom. The number of piperidine rings is 1. The summed E-state index contributed by atoms with van der Waals surface area (Å²) >= 11 is 0. The number of benzene rings is 1. The van der Waals surface area contributed by atoms with E-state index in [4.69, 9.17) is 0 Å². The van der Waals surface area contributed by atoms with E-state index in [0.29, 0.717) is 25.0 Å². The van der Waals surface area contributed by atoms with Crippen molar-refractivity contribution in [3.63, 3.8) is 0 Å². The first-order chi connectivity index (χ1) is 9.45. The van der Waals surface area contributed by atoms with Crippen molar-refractivity contribution >= 4 is 10.0 Å². The molecular formula is C14H21FN2O2S. The molecule has 2 rings (SSSR count). The standard InChI is InChI=1S/C14H21FN2O2S/c1-11(16-2)12-6-8-17(9-7-12)20(18,19)14-5-3-4-13(15)10-14/h3-5,10-12,16H,6-9H2,1-2H3. The Balaban J connectivity index is 2.10. The molecule has 0 saturated carbocycles. The van der Waals surface area contributed by atoms with Crippen LogP contribution in [0.4, 0.5) is 4.39 Å². The Morgan fingerprint density at radius 2 is 2.00 bits per heavy atom. The van der Waals surface area contributed by atoms with Gasteiger partial charge in [0.05, 0.1) is 4.90 Å². The second-order valence-electron chi connectivity index (χ2n) is 5.28. The zero-order valence-corrected chi connectivity index (χ0v) is 12.7. The number of hydrogen-bond donors (Lipinski definition) is 1. The molecule has 20 heavy (non-hydrogen) atoms. The minimum atomic E-state index is -3.57. The largest absolute Gasteiger partial charge is 0.317 e. The molecule has 4 nitrogen and oxygen atoms in total. The van der Waals surface area contributed by atoms with Crippen LogP contribution in [-0.2, 0) is 10.0 Å². The van der Waals surface area contributed by atoms with Gasteiger partial charge < -0.3 is 5.32 Å². The predicted molar refractivity (Wildman–Crippen MR) is 76.4 cm³/mol. The topological polar surface area (TPSA) is 49.4 Å². The van der Waals surface area contributed by atoms with E-state index in [1.165, 1.54) is 22.5 Å². The normalized spacial score (nSPS) is 19.9. The lowest BCUT2D eigenvalue weighted by Gasteiger charge is -2.34. The highest BCUT2D eigenvalue weighted by atomic mass is 32.2. The van der Waals surface area contributed by atoms with Crippen molar-refractivity contribution in [2.24, 2.45) is 5.92 Å². The average molecular weight is 300 g/mol. The molecule has 1 aromatic rings. The molecule has 0 aromatic heterocycles. The van der Waals surface area contributed by atoms with Crippen molar-refractivity contribution in [1.29, 1.82) is 0 Å². The van der Waals surface area contributed by atoms with Crippen LogP contribution in [-0.4, -0.2) is 38.9 Å². The van der Waals surface area contributed by atoms with Crippen LogP contribution in [0.25, 0.3) is 0 Å². The van der Waals surface area contributed by atoms with Crippen LogP contribution in [0.15, 0.2) is 29.2 Å². The van der Waals surface area contributed by atoms with E-state index >= 15 is 0 Å². The van der Waals surface area contributed by atoms with Crippen molar-refractivity contribution < 1.29 is 12.8 Å². The van der Waals surface area contributed by atoms with E-state index in [2.05, 4.69) is 12.2 Å². The number of rotatable bonds is 4. The summed E-state index contributed by atoms with van der Waals surface area (Å²) in [4.78, 5) is 0.0395. The summed E-state index contributed by atoms with van der Waals surface area (Å²) in [6.07, 6.45) is 1.66. The zero-order chi connectivity index (χ0) is 14.8. The molecule has 1 saturated heterocycles. The molecule has 1 N–H and O–H groups in total. The SMILES string of the molecule is CNC(C)C1CCN(S(=O)(=O)c2cccc(F)c2)CC1. The first-order valence-corrected chi connectivity index (χ1v) is 8.32. The van der Waals surface area contributed by atoms with Crippen LogP contribution >= 0.6 is 0 Å². The lowest BCUT2D eigenvalue weighted by atomic mass is 9.91. The molecular weight excluding hydrogens is 279 g/mol. The van der Waals surface area contributed by atoms with Gasteiger partial charge in [-0.2, -0.15) is 4.31 Å². The van der Waals surface area contributed by atoms with Crippen LogP contribution in [0.5, 0.6) is 0 Å². The number of sulfonamides is 1. The quantitative estimate of drug-likeness (QED) is 0.923. The maximum absolute atomic E-state index is 13.2. The monoisotopic (exact) mass is 300 g/mol. The van der Waals surface area contributed by atoms with E-state index in [1.807, 2.05) is 7.05 Å². The molecule has 1 unspecified atom stereocenters. The number of nitrogens with one attached hydrogen (secondary N) is 1. The summed E-state index contributed by atoms with van der Waals surface area (Å²) in [5, 5.41) is 3.21. The fourth-order valence-corrected chi connectivity index (χ4v) is 4.13. The summed E-state index contributed by atoms with van der Waals surface area (Å²) in [6.45, 7) is 3.10. The van der Waals surface area contributed by atoms with Gasteiger partial charge in [-0.05, 0) is 50.9 Å². The van der Waals surface area contributed by atoms with E-state index in [9.17, 15) is 12.8 Å². The third-order valence-corrected chi connectivity index (χ3v) is 5.99. The van der Waals surface area contributed by atoms with E-state index in [0.717, 1.165) is 18.9 Å². The molecule has 0 radical (unpaired) electrons. The van der Waals surface area contributed by atoms with Crippen LogP contribution in [0.1, 0.15) is 19.8 Å². The highest BCUT2D eigenvalue weighted by Crippen LogP contribution is 2.25. The molecule has 0 bridgehead atoms. The minimum absolute atomic E-state index is 0.0395. The van der Waals surface area contributed by atoms with Crippen molar-refractivity contribution in [1.82, 2.24) is 9.62 Å². The highest BCUT2D eigenvalue weighted by Gasteiger charge is 2.31. The Morgan fingerprint density at radius 1 is 1.35 bits per heavy atom. The van der Waals surface area contributed by atoms with Gasteiger partial charge in [-0.3, -0.25) is 0 Å². The van der Waals surface area contributed by atoms with Crippen molar-refractivity contribution in [3.05, 3.63) is 30.1 Å². The van der Waals surface area contributed by atoms with Gasteiger partial charge in [0, 0.05) is 19.1 Å². The van der Waals surface area contributed by atoms with E-state index in [1.54, 1.807) is 0 Å². The zero-order valence-electron chi connectivity index (χ0n) is 11.8. The van der Waals surface area contributed by atoms with Gasteiger partial charge >= 0.3 is 0 Å². The second kappa shape index (κ2) is 6.20. The van der Waals surface area contributed by atoms with Crippen LogP contribution in [0.2, 0.25) is 0 Å². The summed E-state index contributed by atoms with van der Waals surface area (Å²) in [5.74, 6) is -0.0382. The minimum Gasteiger partial charge on any atom is -0.317 e. The molecule has 1 aliphatic heterocycles. The van der Waals surface area contributed by atoms with Crippen LogP contribution in [0.3, 0.4) is 0 Å². The summed E-state index contributed by atoms with van der Waals surface area (Å²) in [5.41, 5.74) is 0. The molecule has 112 valence electrons. The van der Waals surface area contributed by atoms with E-state index in [-0.39, 0.29) is 4.90 Å². The molecule has 0 spiro atoms. The van der Waals surface area contributed by atoms with Crippen molar-refractivity contribution in [2.75, 3.05) is 20.1 Å². The maximum Gasteiger partial charge on any atom is 0.243 e. The van der Waals surface area contributed by atoms with Gasteiger partial charge in [0.2, 0.25) is 10.0 Å². The first kappa shape index (κ1) is 15.4. The molecule has 1 aromatic carbocycles. The molecule has 1 fully saturated rings. The van der Waals surface area contributed by atoms with E-state index < -0.39 is 15.8 Å². The Kier molecular flexibility index (Phi) is 4.78. The fourth-order valence-electron chi connectivity index (χ4n) is 2.63. The number of halogens is 1. The lowest BCUT2D eigenvalue weighted by molar-refractivity contribution is 0.236. The number of nitrogens with zero attached hydrogens (tertiary/aromatic N) is 1. The van der Waals surface area contributed by atoms with Gasteiger partial charge in [0.15, 0.2) is 0 Å². The molecule has 6 heteroatoms. The Hall–Kier alpha value is -0.980. The molecule has 0 aliphatic carbocycles. The van der Waals surface area contributed by atoms with Gasteiger partial charge in [0.25, 0.3) is 0 Å². The Bertz CT molecular complexity index is 554. The number of hydrogen-bond acceptors (Lipinski definition) is 3. The molecule has 0 amide bonds. The van der Waals surface area contributed by atoms with Crippen molar-refractivity contribution in [2.45, 2.75) is 30.7 Å². The van der Waals surface area contributed by atoms with Gasteiger partial charge in [0.1, 0.15) is 5.82 Å². The Labute approximate surface area is 120 Å². The van der Waals surface area contributed by atoms with Crippen molar-refractivity contribution in [3.8, 4) is 0 Å². The average Bonchev–Trinajstić information content (AvgIpc) is 2.46. The fraction of sp³-hybridized carbons (Fsp3) is 0.571. The third-order valence-electron chi connectivity index (χ3n) is 4.09. The smallest absolute Gasteiger partial charge is 0.243 e. The first-order valence-electron chi connectivity index (χ1n) is 6.88. The summed E-state index contributed by atoms with van der Waals surface area (Å²) in [7, 11) is -1.65. The highest BCUT2D eigenvalue weighted by molar-refractivity contribution is 7.89. The van der Waals surface area contributed by atoms with Crippen LogP contribution in [0, 0.1) is 11.7 Å². The molecule has 1 heterocycles. The summed E-state index contributed by atoms with van der Waals surface area (Å²) in [6, 6.07) is 5.59. The predicted octanol–water partition coefficient (Wildman–Crippen LogP) is 1.83. The second-order valence-corrected chi connectivity index (χ2v) is 7.21. The summed E-state index contributed by atoms with van der Waals surface area (Å²) < 4.78 is 39.5. The van der Waals surface area contributed by atoms with Crippen LogP contribution < -0.4 is 5.32 Å².